The van der Waals surface area contributed by atoms with Crippen LogP contribution in [-0.4, -0.2) is 24.6 Å². The van der Waals surface area contributed by atoms with Crippen molar-refractivity contribution < 1.29 is 18.3 Å². The fraction of sp³-hybridized carbons (Fsp3) is 0.350. The van der Waals surface area contributed by atoms with Crippen LogP contribution in [0.5, 0.6) is 5.75 Å². The van der Waals surface area contributed by atoms with Crippen molar-refractivity contribution in [2.24, 2.45) is 0 Å². The topological polar surface area (TPSA) is 41.6 Å². The number of halogens is 2. The fourth-order valence-corrected chi connectivity index (χ4v) is 2.54. The molecular weight excluding hydrogens is 338 g/mol. The normalized spacial score (nSPS) is 11.9. The van der Waals surface area contributed by atoms with Crippen molar-refractivity contribution in [3.05, 3.63) is 65.2 Å². The van der Waals surface area contributed by atoms with Crippen LogP contribution in [0.25, 0.3) is 0 Å². The first kappa shape index (κ1) is 19.7. The van der Waals surface area contributed by atoms with Crippen molar-refractivity contribution in [1.82, 2.24) is 10.2 Å². The lowest BCUT2D eigenvalue weighted by Gasteiger charge is -2.22. The Bertz CT molecular complexity index is 703. The van der Waals surface area contributed by atoms with Gasteiger partial charge >= 0.3 is 12.6 Å². The van der Waals surface area contributed by atoms with Crippen molar-refractivity contribution in [2.45, 2.75) is 39.5 Å². The number of hydrogen-bond donors (Lipinski definition) is 1. The number of urea groups is 1. The van der Waals surface area contributed by atoms with Crippen molar-refractivity contribution in [2.75, 3.05) is 7.05 Å². The lowest BCUT2D eigenvalue weighted by Crippen LogP contribution is -2.38. The van der Waals surface area contributed by atoms with Gasteiger partial charge in [-0.1, -0.05) is 43.3 Å². The number of alkyl halides is 2. The summed E-state index contributed by atoms with van der Waals surface area (Å²) in [4.78, 5) is 14.0. The average molecular weight is 362 g/mol. The summed E-state index contributed by atoms with van der Waals surface area (Å²) in [5.41, 5.74) is 3.12. The molecule has 0 aromatic heterocycles. The number of aryl methyl sites for hydroxylation is 1. The molecule has 1 unspecified atom stereocenters. The van der Waals surface area contributed by atoms with E-state index in [0.717, 1.165) is 17.5 Å². The van der Waals surface area contributed by atoms with Crippen LogP contribution in [0.15, 0.2) is 48.5 Å². The summed E-state index contributed by atoms with van der Waals surface area (Å²) in [5, 5.41) is 2.90. The summed E-state index contributed by atoms with van der Waals surface area (Å²) in [5.74, 6) is 0.0925. The van der Waals surface area contributed by atoms with Crippen molar-refractivity contribution in [3.63, 3.8) is 0 Å². The second kappa shape index (κ2) is 9.17. The van der Waals surface area contributed by atoms with E-state index in [0.29, 0.717) is 6.54 Å². The monoisotopic (exact) mass is 362 g/mol. The lowest BCUT2D eigenvalue weighted by atomic mass is 10.1. The van der Waals surface area contributed by atoms with Gasteiger partial charge in [-0.15, -0.1) is 0 Å². The van der Waals surface area contributed by atoms with E-state index in [-0.39, 0.29) is 17.8 Å². The highest BCUT2D eigenvalue weighted by atomic mass is 19.3. The van der Waals surface area contributed by atoms with E-state index in [1.165, 1.54) is 17.7 Å². The van der Waals surface area contributed by atoms with Gasteiger partial charge in [0.05, 0.1) is 6.04 Å². The molecule has 140 valence electrons. The van der Waals surface area contributed by atoms with Crippen LogP contribution >= 0.6 is 0 Å². The number of ether oxygens (including phenoxy) is 1. The zero-order valence-corrected chi connectivity index (χ0v) is 15.2. The van der Waals surface area contributed by atoms with Gasteiger partial charge in [0.15, 0.2) is 0 Å². The minimum atomic E-state index is -2.85. The molecule has 0 saturated carbocycles. The molecule has 2 aromatic rings. The minimum Gasteiger partial charge on any atom is -0.435 e. The quantitative estimate of drug-likeness (QED) is 0.772. The lowest BCUT2D eigenvalue weighted by molar-refractivity contribution is -0.0498. The van der Waals surface area contributed by atoms with Crippen LogP contribution in [0.1, 0.15) is 36.6 Å². The number of rotatable bonds is 7. The van der Waals surface area contributed by atoms with Crippen LogP contribution in [0.3, 0.4) is 0 Å². The maximum Gasteiger partial charge on any atom is 0.387 e. The van der Waals surface area contributed by atoms with E-state index in [9.17, 15) is 13.6 Å². The SMILES string of the molecule is CCc1ccc(CN(C)C(=O)NC(C)c2ccc(OC(F)F)cc2)cc1. The van der Waals surface area contributed by atoms with Gasteiger partial charge in [0.1, 0.15) is 5.75 Å². The molecule has 0 aliphatic heterocycles. The molecule has 6 heteroatoms. The van der Waals surface area contributed by atoms with Gasteiger partial charge in [-0.2, -0.15) is 8.78 Å². The van der Waals surface area contributed by atoms with Crippen molar-refractivity contribution in [3.8, 4) is 5.75 Å². The van der Waals surface area contributed by atoms with E-state index >= 15 is 0 Å². The molecule has 1 atom stereocenters. The number of nitrogens with one attached hydrogen (secondary N) is 1. The second-order valence-electron chi connectivity index (χ2n) is 6.14. The molecule has 0 bridgehead atoms. The molecule has 2 aromatic carbocycles. The highest BCUT2D eigenvalue weighted by molar-refractivity contribution is 5.74. The van der Waals surface area contributed by atoms with E-state index < -0.39 is 6.61 Å². The van der Waals surface area contributed by atoms with Crippen molar-refractivity contribution in [1.29, 1.82) is 0 Å². The van der Waals surface area contributed by atoms with Crippen LogP contribution in [0.2, 0.25) is 0 Å². The minimum absolute atomic E-state index is 0.0925. The maximum absolute atomic E-state index is 12.4. The highest BCUT2D eigenvalue weighted by Crippen LogP contribution is 2.19. The van der Waals surface area contributed by atoms with Gasteiger partial charge in [-0.3, -0.25) is 0 Å². The van der Waals surface area contributed by atoms with Gasteiger partial charge in [0.2, 0.25) is 0 Å². The molecule has 2 amide bonds. The first-order valence-corrected chi connectivity index (χ1v) is 8.53. The van der Waals surface area contributed by atoms with Crippen LogP contribution in [0, 0.1) is 0 Å². The van der Waals surface area contributed by atoms with Crippen molar-refractivity contribution >= 4 is 6.03 Å². The summed E-state index contributed by atoms with van der Waals surface area (Å²) in [7, 11) is 1.73. The summed E-state index contributed by atoms with van der Waals surface area (Å²) in [6.45, 7) is 1.59. The summed E-state index contributed by atoms with van der Waals surface area (Å²) in [6, 6.07) is 13.9. The first-order valence-electron chi connectivity index (χ1n) is 8.53. The Hall–Kier alpha value is -2.63. The number of nitrogens with zero attached hydrogens (tertiary/aromatic N) is 1. The fourth-order valence-electron chi connectivity index (χ4n) is 2.54. The molecule has 26 heavy (non-hydrogen) atoms. The summed E-state index contributed by atoms with van der Waals surface area (Å²) in [6.07, 6.45) is 0.981. The predicted molar refractivity (Wildman–Crippen MR) is 97.3 cm³/mol. The van der Waals surface area contributed by atoms with Gasteiger partial charge in [-0.25, -0.2) is 4.79 Å². The third kappa shape index (κ3) is 5.72. The maximum atomic E-state index is 12.4. The molecule has 2 rings (SSSR count). The molecule has 1 N–H and O–H groups in total. The Balaban J connectivity index is 1.90. The number of amides is 2. The third-order valence-corrected chi connectivity index (χ3v) is 4.14. The Morgan fingerprint density at radius 2 is 1.65 bits per heavy atom. The zero-order chi connectivity index (χ0) is 19.1. The number of benzene rings is 2. The van der Waals surface area contributed by atoms with Gasteiger partial charge in [-0.05, 0) is 42.2 Å². The molecule has 0 aliphatic carbocycles. The summed E-state index contributed by atoms with van der Waals surface area (Å²) < 4.78 is 28.7. The van der Waals surface area contributed by atoms with Crippen LogP contribution in [0.4, 0.5) is 13.6 Å². The molecule has 0 radical (unpaired) electrons. The Labute approximate surface area is 152 Å². The molecule has 0 heterocycles. The largest absolute Gasteiger partial charge is 0.435 e. The molecule has 4 nitrogen and oxygen atoms in total. The zero-order valence-electron chi connectivity index (χ0n) is 15.2. The molecular formula is C20H24F2N2O2. The molecule has 0 aliphatic rings. The van der Waals surface area contributed by atoms with E-state index in [1.54, 1.807) is 24.1 Å². The Kier molecular flexibility index (Phi) is 6.95. The second-order valence-corrected chi connectivity index (χ2v) is 6.14. The standard InChI is InChI=1S/C20H24F2N2O2/c1-4-15-5-7-16(8-6-15)13-24(3)20(25)23-14(2)17-9-11-18(12-10-17)26-19(21)22/h5-12,14,19H,4,13H2,1-3H3,(H,23,25). The first-order chi connectivity index (χ1) is 12.4. The Morgan fingerprint density at radius 3 is 2.19 bits per heavy atom. The Morgan fingerprint density at radius 1 is 1.08 bits per heavy atom. The molecule has 0 fully saturated rings. The van der Waals surface area contributed by atoms with Gasteiger partial charge < -0.3 is 15.0 Å². The van der Waals surface area contributed by atoms with Crippen LogP contribution in [-0.2, 0) is 13.0 Å². The molecule has 0 saturated heterocycles. The number of carbonyl (C=O) groups excluding carboxylic acids is 1. The number of carbonyl (C=O) groups is 1. The van der Waals surface area contributed by atoms with E-state index in [2.05, 4.69) is 29.1 Å². The van der Waals surface area contributed by atoms with Gasteiger partial charge in [0, 0.05) is 13.6 Å². The third-order valence-electron chi connectivity index (χ3n) is 4.14. The van der Waals surface area contributed by atoms with Crippen LogP contribution < -0.4 is 10.1 Å². The average Bonchev–Trinajstić information content (AvgIpc) is 2.62. The van der Waals surface area contributed by atoms with E-state index in [4.69, 9.17) is 0 Å². The predicted octanol–water partition coefficient (Wildman–Crippen LogP) is 4.75. The smallest absolute Gasteiger partial charge is 0.387 e. The highest BCUT2D eigenvalue weighted by Gasteiger charge is 2.14. The summed E-state index contributed by atoms with van der Waals surface area (Å²) >= 11 is 0. The number of hydrogen-bond acceptors (Lipinski definition) is 2. The van der Waals surface area contributed by atoms with E-state index in [1.807, 2.05) is 19.1 Å². The molecule has 0 spiro atoms. The van der Waals surface area contributed by atoms with Gasteiger partial charge in [0.25, 0.3) is 0 Å².